The quantitative estimate of drug-likeness (QED) is 0.465. The van der Waals surface area contributed by atoms with Crippen molar-refractivity contribution in [1.82, 2.24) is 9.97 Å². The van der Waals surface area contributed by atoms with Gasteiger partial charge in [-0.2, -0.15) is 0 Å². The maximum atomic E-state index is 11.0. The van der Waals surface area contributed by atoms with Crippen LogP contribution < -0.4 is 10.1 Å². The normalized spacial score (nSPS) is 11.9. The first-order valence-corrected chi connectivity index (χ1v) is 9.20. The lowest BCUT2D eigenvalue weighted by Crippen LogP contribution is -2.14. The Morgan fingerprint density at radius 2 is 1.86 bits per heavy atom. The average Bonchev–Trinajstić information content (AvgIpc) is 2.73. The summed E-state index contributed by atoms with van der Waals surface area (Å²) in [6, 6.07) is 17.9. The number of nitrogens with zero attached hydrogens (tertiary/aromatic N) is 2. The minimum Gasteiger partial charge on any atom is -0.505 e. The van der Waals surface area contributed by atoms with Crippen molar-refractivity contribution in [2.45, 2.75) is 13.0 Å². The van der Waals surface area contributed by atoms with Crippen LogP contribution in [0.15, 0.2) is 66.9 Å². The average molecular weight is 387 g/mol. The second-order valence-electron chi connectivity index (χ2n) is 6.75. The monoisotopic (exact) mass is 387 g/mol. The van der Waals surface area contributed by atoms with Crippen molar-refractivity contribution < 1.29 is 14.9 Å². The van der Waals surface area contributed by atoms with Crippen molar-refractivity contribution in [3.05, 3.63) is 83.7 Å². The highest BCUT2D eigenvalue weighted by Crippen LogP contribution is 2.38. The molecule has 29 heavy (non-hydrogen) atoms. The predicted molar refractivity (Wildman–Crippen MR) is 113 cm³/mol. The Morgan fingerprint density at radius 1 is 1.00 bits per heavy atom. The molecule has 2 aromatic heterocycles. The van der Waals surface area contributed by atoms with Gasteiger partial charge in [-0.3, -0.25) is 4.98 Å². The number of phenolic OH excluding ortho intramolecular Hbond substituents is 2. The van der Waals surface area contributed by atoms with Gasteiger partial charge in [0.1, 0.15) is 17.1 Å². The van der Waals surface area contributed by atoms with Crippen LogP contribution >= 0.6 is 0 Å². The number of hydrogen-bond donors (Lipinski definition) is 3. The number of aromatic nitrogens is 2. The molecule has 0 aliphatic carbocycles. The summed E-state index contributed by atoms with van der Waals surface area (Å²) >= 11 is 0. The van der Waals surface area contributed by atoms with Crippen molar-refractivity contribution in [3.8, 4) is 17.2 Å². The molecule has 0 aliphatic rings. The van der Waals surface area contributed by atoms with Crippen LogP contribution in [0.25, 0.3) is 10.9 Å². The summed E-state index contributed by atoms with van der Waals surface area (Å²) in [6.07, 6.45) is 1.65. The zero-order valence-electron chi connectivity index (χ0n) is 16.1. The molecule has 4 rings (SSSR count). The zero-order chi connectivity index (χ0) is 20.4. The molecule has 6 heteroatoms. The maximum Gasteiger partial charge on any atom is 0.160 e. The fraction of sp³-hybridized carbons (Fsp3) is 0.130. The molecule has 146 valence electrons. The van der Waals surface area contributed by atoms with Gasteiger partial charge in [0.05, 0.1) is 13.2 Å². The van der Waals surface area contributed by atoms with Crippen molar-refractivity contribution in [2.24, 2.45) is 0 Å². The van der Waals surface area contributed by atoms with Crippen LogP contribution in [0, 0.1) is 6.92 Å². The summed E-state index contributed by atoms with van der Waals surface area (Å²) in [5.74, 6) is 1.17. The largest absolute Gasteiger partial charge is 0.505 e. The lowest BCUT2D eigenvalue weighted by Gasteiger charge is -2.23. The van der Waals surface area contributed by atoms with Crippen molar-refractivity contribution in [1.29, 1.82) is 0 Å². The Labute approximate surface area is 168 Å². The molecule has 3 N–H and O–H groups in total. The van der Waals surface area contributed by atoms with Crippen molar-refractivity contribution in [2.75, 3.05) is 12.4 Å². The van der Waals surface area contributed by atoms with E-state index in [1.165, 1.54) is 7.11 Å². The molecule has 0 fully saturated rings. The van der Waals surface area contributed by atoms with Gasteiger partial charge in [-0.1, -0.05) is 30.3 Å². The molecular weight excluding hydrogens is 366 g/mol. The van der Waals surface area contributed by atoms with E-state index in [4.69, 9.17) is 4.74 Å². The Balaban J connectivity index is 1.87. The third kappa shape index (κ3) is 3.65. The van der Waals surface area contributed by atoms with Gasteiger partial charge >= 0.3 is 0 Å². The van der Waals surface area contributed by atoms with E-state index >= 15 is 0 Å². The summed E-state index contributed by atoms with van der Waals surface area (Å²) < 4.78 is 5.27. The van der Waals surface area contributed by atoms with Crippen LogP contribution in [-0.4, -0.2) is 27.3 Å². The number of methoxy groups -OCH3 is 1. The number of pyridine rings is 2. The van der Waals surface area contributed by atoms with Gasteiger partial charge in [0, 0.05) is 22.8 Å². The minimum atomic E-state index is -0.440. The summed E-state index contributed by atoms with van der Waals surface area (Å²) in [5.41, 5.74) is 2.85. The highest BCUT2D eigenvalue weighted by Gasteiger charge is 2.21. The van der Waals surface area contributed by atoms with E-state index < -0.39 is 6.04 Å². The summed E-state index contributed by atoms with van der Waals surface area (Å²) in [5, 5.41) is 25.2. The van der Waals surface area contributed by atoms with Crippen LogP contribution in [0.4, 0.5) is 5.82 Å². The molecule has 0 unspecified atom stereocenters. The van der Waals surface area contributed by atoms with Crippen LogP contribution in [0.2, 0.25) is 0 Å². The number of phenols is 2. The van der Waals surface area contributed by atoms with Gasteiger partial charge in [0.15, 0.2) is 11.5 Å². The van der Waals surface area contributed by atoms with Gasteiger partial charge in [-0.25, -0.2) is 4.98 Å². The van der Waals surface area contributed by atoms with E-state index in [1.54, 1.807) is 24.4 Å². The Kier molecular flexibility index (Phi) is 4.91. The van der Waals surface area contributed by atoms with Gasteiger partial charge in [-0.05, 0) is 42.8 Å². The molecule has 0 aliphatic heterocycles. The number of aromatic hydroxyl groups is 2. The Bertz CT molecular complexity index is 1180. The van der Waals surface area contributed by atoms with Gasteiger partial charge in [0.2, 0.25) is 0 Å². The number of ether oxygens (including phenoxy) is 1. The van der Waals surface area contributed by atoms with E-state index in [2.05, 4.69) is 15.3 Å². The lowest BCUT2D eigenvalue weighted by molar-refractivity contribution is 0.373. The summed E-state index contributed by atoms with van der Waals surface area (Å²) in [4.78, 5) is 8.86. The van der Waals surface area contributed by atoms with Crippen LogP contribution in [0.1, 0.15) is 22.9 Å². The number of fused-ring (bicyclic) bond motifs is 1. The number of hydrogen-bond acceptors (Lipinski definition) is 6. The third-order valence-electron chi connectivity index (χ3n) is 4.81. The molecule has 1 atom stereocenters. The molecule has 4 aromatic rings. The van der Waals surface area contributed by atoms with E-state index in [1.807, 2.05) is 49.4 Å². The summed E-state index contributed by atoms with van der Waals surface area (Å²) in [7, 11) is 1.50. The molecule has 0 amide bonds. The second kappa shape index (κ2) is 7.67. The standard InChI is InChI=1S/C23H21N3O3/c1-14-5-3-7-20(25-14)26-21(16-9-11-18(27)19(13-16)29-2)17-10-8-15-6-4-12-24-22(15)23(17)28/h3-13,21,27-28H,1-2H3,(H,25,26)/t21-/m0/s1. The first-order valence-electron chi connectivity index (χ1n) is 9.20. The van der Waals surface area contributed by atoms with Crippen molar-refractivity contribution in [3.63, 3.8) is 0 Å². The van der Waals surface area contributed by atoms with Gasteiger partial charge in [-0.15, -0.1) is 0 Å². The van der Waals surface area contributed by atoms with E-state index in [9.17, 15) is 10.2 Å². The molecule has 0 bridgehead atoms. The molecule has 2 heterocycles. The van der Waals surface area contributed by atoms with Gasteiger partial charge < -0.3 is 20.3 Å². The first kappa shape index (κ1) is 18.6. The number of anilines is 1. The van der Waals surface area contributed by atoms with Crippen molar-refractivity contribution >= 4 is 16.7 Å². The second-order valence-corrected chi connectivity index (χ2v) is 6.75. The SMILES string of the molecule is COc1cc([C@H](Nc2cccc(C)n2)c2ccc3cccnc3c2O)ccc1O. The number of aryl methyl sites for hydroxylation is 1. The third-order valence-corrected chi connectivity index (χ3v) is 4.81. The highest BCUT2D eigenvalue weighted by molar-refractivity contribution is 5.86. The Morgan fingerprint density at radius 3 is 2.66 bits per heavy atom. The van der Waals surface area contributed by atoms with E-state index in [0.29, 0.717) is 22.6 Å². The lowest BCUT2D eigenvalue weighted by atomic mass is 9.96. The Hall–Kier alpha value is -3.80. The molecule has 0 spiro atoms. The van der Waals surface area contributed by atoms with Gasteiger partial charge in [0.25, 0.3) is 0 Å². The minimum absolute atomic E-state index is 0.0491. The maximum absolute atomic E-state index is 11.0. The first-order chi connectivity index (χ1) is 14.1. The topological polar surface area (TPSA) is 87.5 Å². The fourth-order valence-electron chi connectivity index (χ4n) is 3.36. The number of rotatable bonds is 5. The van der Waals surface area contributed by atoms with Crippen LogP contribution in [0.3, 0.4) is 0 Å². The molecule has 0 saturated carbocycles. The molecule has 2 aromatic carbocycles. The molecular formula is C23H21N3O3. The molecule has 0 radical (unpaired) electrons. The van der Waals surface area contributed by atoms with Crippen LogP contribution in [0.5, 0.6) is 17.2 Å². The number of benzene rings is 2. The predicted octanol–water partition coefficient (Wildman–Crippen LogP) is 4.56. The zero-order valence-corrected chi connectivity index (χ0v) is 16.1. The number of nitrogens with one attached hydrogen (secondary N) is 1. The van der Waals surface area contributed by atoms with Crippen LogP contribution in [-0.2, 0) is 0 Å². The van der Waals surface area contributed by atoms with E-state index in [-0.39, 0.29) is 11.5 Å². The molecule has 0 saturated heterocycles. The highest BCUT2D eigenvalue weighted by atomic mass is 16.5. The van der Waals surface area contributed by atoms with E-state index in [0.717, 1.165) is 16.6 Å². The molecule has 6 nitrogen and oxygen atoms in total. The summed E-state index contributed by atoms with van der Waals surface area (Å²) in [6.45, 7) is 1.92. The fourth-order valence-corrected chi connectivity index (χ4v) is 3.36. The smallest absolute Gasteiger partial charge is 0.160 e.